The van der Waals surface area contributed by atoms with Crippen molar-refractivity contribution >= 4 is 17.7 Å². The van der Waals surface area contributed by atoms with Gasteiger partial charge in [0.25, 0.3) is 5.91 Å². The second kappa shape index (κ2) is 7.75. The van der Waals surface area contributed by atoms with Gasteiger partial charge in [0, 0.05) is 31.4 Å². The van der Waals surface area contributed by atoms with E-state index in [2.05, 4.69) is 29.4 Å². The smallest absolute Gasteiger partial charge is 0.287 e. The van der Waals surface area contributed by atoms with Crippen molar-refractivity contribution in [2.75, 3.05) is 6.61 Å². The van der Waals surface area contributed by atoms with Crippen LogP contribution in [-0.4, -0.2) is 22.1 Å². The predicted octanol–water partition coefficient (Wildman–Crippen LogP) is 4.18. The molecule has 1 N–H and O–H groups in total. The number of benzene rings is 1. The van der Waals surface area contributed by atoms with Crippen LogP contribution in [0.5, 0.6) is 5.75 Å². The van der Waals surface area contributed by atoms with E-state index in [1.807, 2.05) is 30.8 Å². The van der Waals surface area contributed by atoms with Gasteiger partial charge in [-0.15, -0.1) is 0 Å². The number of carbonyl (C=O) groups excluding carboxylic acids is 1. The first-order valence-electron chi connectivity index (χ1n) is 9.25. The minimum Gasteiger partial charge on any atom is -0.493 e. The van der Waals surface area contributed by atoms with Crippen LogP contribution in [-0.2, 0) is 12.8 Å². The number of nitrogens with one attached hydrogen (secondary N) is 1. The van der Waals surface area contributed by atoms with Gasteiger partial charge in [-0.25, -0.2) is 4.98 Å². The maximum Gasteiger partial charge on any atom is 0.287 e. The molecule has 146 valence electrons. The predicted molar refractivity (Wildman–Crippen MR) is 108 cm³/mol. The highest BCUT2D eigenvalue weighted by atomic mass is 32.2. The zero-order valence-electron chi connectivity index (χ0n) is 16.2. The lowest BCUT2D eigenvalue weighted by molar-refractivity contribution is 0.0895. The van der Waals surface area contributed by atoms with Gasteiger partial charge in [0.1, 0.15) is 11.5 Å². The third-order valence-electron chi connectivity index (χ3n) is 4.79. The summed E-state index contributed by atoms with van der Waals surface area (Å²) in [6.45, 7) is 4.68. The maximum atomic E-state index is 12.7. The van der Waals surface area contributed by atoms with E-state index in [1.165, 1.54) is 0 Å². The first-order valence-corrected chi connectivity index (χ1v) is 10.2. The molecule has 2 aromatic heterocycles. The lowest BCUT2D eigenvalue weighted by Gasteiger charge is -2.28. The van der Waals surface area contributed by atoms with Crippen LogP contribution in [0.2, 0.25) is 0 Å². The van der Waals surface area contributed by atoms with E-state index in [1.54, 1.807) is 24.0 Å². The zero-order valence-corrected chi connectivity index (χ0v) is 17.0. The van der Waals surface area contributed by atoms with Gasteiger partial charge >= 0.3 is 0 Å². The highest BCUT2D eigenvalue weighted by Gasteiger charge is 2.26. The fourth-order valence-electron chi connectivity index (χ4n) is 3.46. The molecule has 28 heavy (non-hydrogen) atoms. The Hall–Kier alpha value is -2.67. The number of imidazole rings is 1. The summed E-state index contributed by atoms with van der Waals surface area (Å²) in [6, 6.07) is 7.68. The van der Waals surface area contributed by atoms with E-state index in [0.717, 1.165) is 39.8 Å². The summed E-state index contributed by atoms with van der Waals surface area (Å²) in [7, 11) is 1.95. The van der Waals surface area contributed by atoms with E-state index in [0.29, 0.717) is 18.1 Å². The minimum atomic E-state index is -0.203. The van der Waals surface area contributed by atoms with Crippen molar-refractivity contribution in [3.05, 3.63) is 64.9 Å². The van der Waals surface area contributed by atoms with Crippen LogP contribution in [0.15, 0.2) is 46.2 Å². The first kappa shape index (κ1) is 18.7. The molecule has 1 unspecified atom stereocenters. The Morgan fingerprint density at radius 2 is 2.21 bits per heavy atom. The van der Waals surface area contributed by atoms with Crippen LogP contribution >= 0.6 is 11.8 Å². The van der Waals surface area contributed by atoms with Crippen LogP contribution in [0.3, 0.4) is 0 Å². The van der Waals surface area contributed by atoms with Crippen molar-refractivity contribution in [2.24, 2.45) is 7.05 Å². The van der Waals surface area contributed by atoms with Crippen LogP contribution in [0.1, 0.15) is 45.5 Å². The van der Waals surface area contributed by atoms with Crippen LogP contribution in [0.4, 0.5) is 0 Å². The Morgan fingerprint density at radius 1 is 1.36 bits per heavy atom. The fourth-order valence-corrected chi connectivity index (χ4v) is 4.29. The van der Waals surface area contributed by atoms with Gasteiger partial charge in [0.05, 0.1) is 18.4 Å². The van der Waals surface area contributed by atoms with Gasteiger partial charge in [0.2, 0.25) is 0 Å². The van der Waals surface area contributed by atoms with Crippen LogP contribution in [0, 0.1) is 13.8 Å². The standard InChI is InChI=1S/C21H23N3O3S/c1-13-10-14(2)19-16(11-13)17(6-9-26-19)23-20(25)18-5-4-15(27-18)12-28-21-22-7-8-24(21)3/h4-5,7-8,10-11,17H,6,9,12H2,1-3H3,(H,23,25). The lowest BCUT2D eigenvalue weighted by atomic mass is 9.95. The number of nitrogens with zero attached hydrogens (tertiary/aromatic N) is 2. The van der Waals surface area contributed by atoms with E-state index in [4.69, 9.17) is 9.15 Å². The van der Waals surface area contributed by atoms with Crippen molar-refractivity contribution in [1.82, 2.24) is 14.9 Å². The number of hydrogen-bond donors (Lipinski definition) is 1. The molecule has 1 aliphatic rings. The second-order valence-electron chi connectivity index (χ2n) is 7.04. The molecule has 0 fully saturated rings. The number of ether oxygens (including phenoxy) is 1. The van der Waals surface area contributed by atoms with E-state index in [9.17, 15) is 4.79 Å². The number of hydrogen-bond acceptors (Lipinski definition) is 5. The van der Waals surface area contributed by atoms with Gasteiger partial charge in [-0.05, 0) is 31.5 Å². The summed E-state index contributed by atoms with van der Waals surface area (Å²) < 4.78 is 13.5. The number of carbonyl (C=O) groups is 1. The molecule has 3 heterocycles. The SMILES string of the molecule is Cc1cc(C)c2c(c1)C(NC(=O)c1ccc(CSc3nccn3C)o1)CCO2. The highest BCUT2D eigenvalue weighted by molar-refractivity contribution is 7.98. The number of fused-ring (bicyclic) bond motifs is 1. The number of rotatable bonds is 5. The Kier molecular flexibility index (Phi) is 5.17. The number of amides is 1. The Bertz CT molecular complexity index is 1010. The molecule has 1 aromatic carbocycles. The number of furan rings is 1. The molecule has 0 saturated carbocycles. The summed E-state index contributed by atoms with van der Waals surface area (Å²) >= 11 is 1.57. The highest BCUT2D eigenvalue weighted by Crippen LogP contribution is 2.36. The topological polar surface area (TPSA) is 69.3 Å². The number of aryl methyl sites for hydroxylation is 3. The van der Waals surface area contributed by atoms with Crippen molar-refractivity contribution < 1.29 is 13.9 Å². The lowest BCUT2D eigenvalue weighted by Crippen LogP contribution is -2.32. The third-order valence-corrected chi connectivity index (χ3v) is 5.87. The fraction of sp³-hybridized carbons (Fsp3) is 0.333. The second-order valence-corrected chi connectivity index (χ2v) is 7.98. The molecule has 0 aliphatic carbocycles. The number of thioether (sulfide) groups is 1. The van der Waals surface area contributed by atoms with Gasteiger partial charge in [0.15, 0.2) is 10.9 Å². The summed E-state index contributed by atoms with van der Waals surface area (Å²) in [5, 5.41) is 4.01. The maximum absolute atomic E-state index is 12.7. The normalized spacial score (nSPS) is 15.8. The van der Waals surface area contributed by atoms with Crippen molar-refractivity contribution in [3.63, 3.8) is 0 Å². The van der Waals surface area contributed by atoms with Gasteiger partial charge in [-0.2, -0.15) is 0 Å². The molecule has 4 rings (SSSR count). The van der Waals surface area contributed by atoms with Crippen molar-refractivity contribution in [1.29, 1.82) is 0 Å². The molecule has 3 aromatic rings. The molecular formula is C21H23N3O3S. The Balaban J connectivity index is 1.44. The summed E-state index contributed by atoms with van der Waals surface area (Å²) in [6.07, 6.45) is 4.40. The molecule has 1 atom stereocenters. The number of aromatic nitrogens is 2. The quantitative estimate of drug-likeness (QED) is 0.654. The largest absolute Gasteiger partial charge is 0.493 e. The third kappa shape index (κ3) is 3.80. The van der Waals surface area contributed by atoms with Gasteiger partial charge in [-0.3, -0.25) is 4.79 Å². The zero-order chi connectivity index (χ0) is 19.7. The molecule has 7 heteroatoms. The Labute approximate surface area is 168 Å². The Morgan fingerprint density at radius 3 is 3.00 bits per heavy atom. The molecule has 0 radical (unpaired) electrons. The summed E-state index contributed by atoms with van der Waals surface area (Å²) in [4.78, 5) is 17.0. The summed E-state index contributed by atoms with van der Waals surface area (Å²) in [5.74, 6) is 2.38. The van der Waals surface area contributed by atoms with Crippen LogP contribution in [0.25, 0.3) is 0 Å². The average molecular weight is 398 g/mol. The van der Waals surface area contributed by atoms with Gasteiger partial charge < -0.3 is 19.0 Å². The first-order chi connectivity index (χ1) is 13.5. The molecule has 0 bridgehead atoms. The van der Waals surface area contributed by atoms with E-state index >= 15 is 0 Å². The molecule has 6 nitrogen and oxygen atoms in total. The van der Waals surface area contributed by atoms with Crippen LogP contribution < -0.4 is 10.1 Å². The van der Waals surface area contributed by atoms with Crippen molar-refractivity contribution in [3.8, 4) is 5.75 Å². The van der Waals surface area contributed by atoms with E-state index < -0.39 is 0 Å². The molecular weight excluding hydrogens is 374 g/mol. The molecule has 0 spiro atoms. The monoisotopic (exact) mass is 397 g/mol. The van der Waals surface area contributed by atoms with E-state index in [-0.39, 0.29) is 11.9 Å². The molecule has 0 saturated heterocycles. The van der Waals surface area contributed by atoms with Gasteiger partial charge in [-0.1, -0.05) is 29.5 Å². The summed E-state index contributed by atoms with van der Waals surface area (Å²) in [5.41, 5.74) is 3.29. The van der Waals surface area contributed by atoms with Crippen molar-refractivity contribution in [2.45, 2.75) is 37.2 Å². The molecule has 1 amide bonds. The minimum absolute atomic E-state index is 0.0784. The molecule has 1 aliphatic heterocycles. The average Bonchev–Trinajstić information content (AvgIpc) is 3.29.